The van der Waals surface area contributed by atoms with E-state index in [-0.39, 0.29) is 0 Å². The van der Waals surface area contributed by atoms with Crippen LogP contribution in [0, 0.1) is 0 Å². The molecule has 3 N–H and O–H groups in total. The SMILES string of the molecule is COC(=O)C1OC2OC(C)(O)OC2C(O)C1O. The minimum atomic E-state index is -1.93. The van der Waals surface area contributed by atoms with Crippen molar-refractivity contribution in [3.63, 3.8) is 0 Å². The third-order valence-electron chi connectivity index (χ3n) is 2.67. The van der Waals surface area contributed by atoms with Crippen LogP contribution < -0.4 is 0 Å². The van der Waals surface area contributed by atoms with Crippen molar-refractivity contribution in [1.29, 1.82) is 0 Å². The number of carbonyl (C=O) groups is 1. The van der Waals surface area contributed by atoms with Crippen LogP contribution >= 0.6 is 0 Å². The molecule has 0 amide bonds. The van der Waals surface area contributed by atoms with E-state index >= 15 is 0 Å². The average Bonchev–Trinajstić information content (AvgIpc) is 2.57. The van der Waals surface area contributed by atoms with E-state index in [1.54, 1.807) is 0 Å². The monoisotopic (exact) mass is 250 g/mol. The van der Waals surface area contributed by atoms with E-state index in [1.165, 1.54) is 6.92 Å². The molecule has 2 rings (SSSR count). The molecule has 2 aliphatic rings. The second-order valence-electron chi connectivity index (χ2n) is 4.03. The molecule has 2 saturated heterocycles. The Balaban J connectivity index is 2.16. The Morgan fingerprint density at radius 2 is 1.94 bits per heavy atom. The predicted molar refractivity (Wildman–Crippen MR) is 49.3 cm³/mol. The lowest BCUT2D eigenvalue weighted by Crippen LogP contribution is -2.58. The van der Waals surface area contributed by atoms with Gasteiger partial charge < -0.3 is 29.5 Å². The van der Waals surface area contributed by atoms with Crippen LogP contribution in [-0.4, -0.2) is 65.1 Å². The molecule has 6 unspecified atom stereocenters. The molecule has 2 fully saturated rings. The summed E-state index contributed by atoms with van der Waals surface area (Å²) in [6, 6.07) is 0. The summed E-state index contributed by atoms with van der Waals surface area (Å²) in [6.45, 7) is 1.21. The van der Waals surface area contributed by atoms with Gasteiger partial charge in [0, 0.05) is 6.92 Å². The van der Waals surface area contributed by atoms with Crippen LogP contribution in [0.2, 0.25) is 0 Å². The van der Waals surface area contributed by atoms with Gasteiger partial charge in [0.15, 0.2) is 12.4 Å². The van der Waals surface area contributed by atoms with E-state index < -0.39 is 42.6 Å². The lowest BCUT2D eigenvalue weighted by atomic mass is 9.99. The van der Waals surface area contributed by atoms with Crippen LogP contribution in [0.25, 0.3) is 0 Å². The maximum atomic E-state index is 11.3. The zero-order chi connectivity index (χ0) is 12.8. The molecule has 0 spiro atoms. The molecule has 0 aliphatic carbocycles. The molecule has 0 saturated carbocycles. The summed E-state index contributed by atoms with van der Waals surface area (Å²) in [7, 11) is 1.12. The minimum Gasteiger partial charge on any atom is -0.467 e. The lowest BCUT2D eigenvalue weighted by Gasteiger charge is -2.35. The summed E-state index contributed by atoms with van der Waals surface area (Å²) in [4.78, 5) is 11.3. The van der Waals surface area contributed by atoms with Crippen molar-refractivity contribution < 1.29 is 39.1 Å². The number of aliphatic hydroxyl groups is 3. The van der Waals surface area contributed by atoms with Crippen LogP contribution in [0.3, 0.4) is 0 Å². The van der Waals surface area contributed by atoms with Gasteiger partial charge in [-0.3, -0.25) is 4.74 Å². The van der Waals surface area contributed by atoms with Gasteiger partial charge in [-0.2, -0.15) is 0 Å². The van der Waals surface area contributed by atoms with Gasteiger partial charge in [0.2, 0.25) is 0 Å². The van der Waals surface area contributed by atoms with Crippen molar-refractivity contribution in [2.24, 2.45) is 0 Å². The number of hydrogen-bond acceptors (Lipinski definition) is 8. The summed E-state index contributed by atoms with van der Waals surface area (Å²) in [5.74, 6) is -2.77. The largest absolute Gasteiger partial charge is 0.467 e. The molecule has 6 atom stereocenters. The number of carbonyl (C=O) groups excluding carboxylic acids is 1. The number of methoxy groups -OCH3 is 1. The van der Waals surface area contributed by atoms with Crippen LogP contribution in [0.15, 0.2) is 0 Å². The van der Waals surface area contributed by atoms with E-state index in [4.69, 9.17) is 14.2 Å². The summed E-state index contributed by atoms with van der Waals surface area (Å²) in [6.07, 6.45) is -6.53. The predicted octanol–water partition coefficient (Wildman–Crippen LogP) is -2.31. The molecule has 2 heterocycles. The fraction of sp³-hybridized carbons (Fsp3) is 0.889. The maximum Gasteiger partial charge on any atom is 0.337 e. The third-order valence-corrected chi connectivity index (χ3v) is 2.67. The molecule has 0 radical (unpaired) electrons. The zero-order valence-electron chi connectivity index (χ0n) is 9.27. The first-order chi connectivity index (χ1) is 7.85. The fourth-order valence-electron chi connectivity index (χ4n) is 1.86. The molecule has 0 aromatic heterocycles. The van der Waals surface area contributed by atoms with Gasteiger partial charge in [0.25, 0.3) is 5.97 Å². The van der Waals surface area contributed by atoms with Gasteiger partial charge in [-0.15, -0.1) is 0 Å². The molecule has 0 aromatic carbocycles. The number of esters is 1. The Kier molecular flexibility index (Phi) is 3.10. The Labute approximate surface area is 96.6 Å². The van der Waals surface area contributed by atoms with Crippen molar-refractivity contribution in [2.45, 2.75) is 43.6 Å². The molecular formula is C9H14O8. The second-order valence-corrected chi connectivity index (χ2v) is 4.03. The molecule has 0 bridgehead atoms. The highest BCUT2D eigenvalue weighted by atomic mass is 16.9. The van der Waals surface area contributed by atoms with Gasteiger partial charge in [0.05, 0.1) is 7.11 Å². The highest BCUT2D eigenvalue weighted by Gasteiger charge is 2.56. The Morgan fingerprint density at radius 3 is 2.53 bits per heavy atom. The molecule has 17 heavy (non-hydrogen) atoms. The lowest BCUT2D eigenvalue weighted by molar-refractivity contribution is -0.321. The van der Waals surface area contributed by atoms with E-state index in [2.05, 4.69) is 4.74 Å². The Hall–Kier alpha value is -0.770. The molecule has 8 nitrogen and oxygen atoms in total. The standard InChI is InChI=1S/C9H14O8/c1-9(13)16-6-4(11)3(10)5(7(12)14-2)15-8(6)17-9/h3-6,8,10-11,13H,1-2H3. The van der Waals surface area contributed by atoms with Crippen LogP contribution in [0.4, 0.5) is 0 Å². The maximum absolute atomic E-state index is 11.3. The van der Waals surface area contributed by atoms with Crippen LogP contribution in [0.1, 0.15) is 6.92 Å². The third kappa shape index (κ3) is 2.15. The van der Waals surface area contributed by atoms with Crippen molar-refractivity contribution in [3.05, 3.63) is 0 Å². The van der Waals surface area contributed by atoms with Crippen molar-refractivity contribution >= 4 is 5.97 Å². The highest BCUT2D eigenvalue weighted by molar-refractivity contribution is 5.75. The van der Waals surface area contributed by atoms with Gasteiger partial charge >= 0.3 is 5.97 Å². The van der Waals surface area contributed by atoms with Crippen LogP contribution in [-0.2, 0) is 23.7 Å². The van der Waals surface area contributed by atoms with Crippen molar-refractivity contribution in [2.75, 3.05) is 7.11 Å². The van der Waals surface area contributed by atoms with Gasteiger partial charge in [0.1, 0.15) is 18.3 Å². The van der Waals surface area contributed by atoms with E-state index in [1.807, 2.05) is 0 Å². The van der Waals surface area contributed by atoms with E-state index in [0.29, 0.717) is 0 Å². The number of aliphatic hydroxyl groups excluding tert-OH is 2. The highest BCUT2D eigenvalue weighted by Crippen LogP contribution is 2.35. The normalized spacial score (nSPS) is 49.8. The number of ether oxygens (including phenoxy) is 4. The average molecular weight is 250 g/mol. The second kappa shape index (κ2) is 4.16. The molecule has 2 aliphatic heterocycles. The van der Waals surface area contributed by atoms with Crippen molar-refractivity contribution in [1.82, 2.24) is 0 Å². The smallest absolute Gasteiger partial charge is 0.337 e. The fourth-order valence-corrected chi connectivity index (χ4v) is 1.86. The Morgan fingerprint density at radius 1 is 1.29 bits per heavy atom. The molecule has 98 valence electrons. The number of hydrogen-bond donors (Lipinski definition) is 3. The first-order valence-electron chi connectivity index (χ1n) is 5.03. The minimum absolute atomic E-state index is 0.842. The zero-order valence-corrected chi connectivity index (χ0v) is 9.27. The summed E-state index contributed by atoms with van der Waals surface area (Å²) >= 11 is 0. The van der Waals surface area contributed by atoms with E-state index in [0.717, 1.165) is 7.11 Å². The summed E-state index contributed by atoms with van der Waals surface area (Å²) in [5.41, 5.74) is 0. The van der Waals surface area contributed by atoms with E-state index in [9.17, 15) is 20.1 Å². The first-order valence-corrected chi connectivity index (χ1v) is 5.03. The van der Waals surface area contributed by atoms with Gasteiger partial charge in [-0.1, -0.05) is 0 Å². The first kappa shape index (κ1) is 12.7. The molecule has 0 aromatic rings. The van der Waals surface area contributed by atoms with Gasteiger partial charge in [-0.25, -0.2) is 4.79 Å². The molecular weight excluding hydrogens is 236 g/mol. The van der Waals surface area contributed by atoms with Crippen LogP contribution in [0.5, 0.6) is 0 Å². The van der Waals surface area contributed by atoms with Crippen molar-refractivity contribution in [3.8, 4) is 0 Å². The summed E-state index contributed by atoms with van der Waals surface area (Å²) in [5, 5.41) is 28.9. The Bertz CT molecular complexity index is 316. The molecule has 8 heteroatoms. The number of rotatable bonds is 1. The van der Waals surface area contributed by atoms with Gasteiger partial charge in [-0.05, 0) is 0 Å². The topological polar surface area (TPSA) is 115 Å². The summed E-state index contributed by atoms with van der Waals surface area (Å²) < 4.78 is 19.4. The quantitative estimate of drug-likeness (QED) is 0.445. The number of fused-ring (bicyclic) bond motifs is 1.